The number of hydrogen-bond donors (Lipinski definition) is 1. The molecule has 2 aromatic carbocycles. The van der Waals surface area contributed by atoms with Crippen molar-refractivity contribution < 1.29 is 0 Å². The fourth-order valence-corrected chi connectivity index (χ4v) is 3.19. The van der Waals surface area contributed by atoms with Crippen LogP contribution in [0.25, 0.3) is 10.8 Å². The number of para-hydroxylation sites is 1. The molecule has 0 fully saturated rings. The van der Waals surface area contributed by atoms with Crippen LogP contribution in [-0.2, 0) is 6.54 Å². The van der Waals surface area contributed by atoms with Crippen LogP contribution >= 0.6 is 11.8 Å². The van der Waals surface area contributed by atoms with E-state index in [9.17, 15) is 0 Å². The Morgan fingerprint density at radius 2 is 1.81 bits per heavy atom. The highest BCUT2D eigenvalue weighted by molar-refractivity contribution is 7.99. The lowest BCUT2D eigenvalue weighted by atomic mass is 10.1. The van der Waals surface area contributed by atoms with E-state index in [-0.39, 0.29) is 0 Å². The second-order valence-corrected chi connectivity index (χ2v) is 6.11. The highest BCUT2D eigenvalue weighted by atomic mass is 32.2. The van der Waals surface area contributed by atoms with E-state index in [0.29, 0.717) is 0 Å². The Morgan fingerprint density at radius 1 is 1.00 bits per heavy atom. The summed E-state index contributed by atoms with van der Waals surface area (Å²) in [6.07, 6.45) is 3.87. The van der Waals surface area contributed by atoms with Crippen LogP contribution in [0.3, 0.4) is 0 Å². The molecular formula is C18H18N2S. The van der Waals surface area contributed by atoms with Crippen molar-refractivity contribution in [2.45, 2.75) is 18.4 Å². The molecule has 1 heterocycles. The molecule has 106 valence electrons. The Kier molecular flexibility index (Phi) is 4.41. The molecule has 0 amide bonds. The van der Waals surface area contributed by atoms with Gasteiger partial charge >= 0.3 is 0 Å². The molecule has 0 aliphatic carbocycles. The van der Waals surface area contributed by atoms with Crippen LogP contribution in [0.1, 0.15) is 12.5 Å². The van der Waals surface area contributed by atoms with Gasteiger partial charge in [-0.3, -0.25) is 4.98 Å². The van der Waals surface area contributed by atoms with Crippen molar-refractivity contribution in [2.24, 2.45) is 0 Å². The lowest BCUT2D eigenvalue weighted by molar-refractivity contribution is 1.12. The fraction of sp³-hybridized carbons (Fsp3) is 0.167. The number of nitrogens with zero attached hydrogens (tertiary/aromatic N) is 1. The first kappa shape index (κ1) is 14.0. The summed E-state index contributed by atoms with van der Waals surface area (Å²) in [6, 6.07) is 16.8. The van der Waals surface area contributed by atoms with Crippen molar-refractivity contribution in [3.05, 3.63) is 66.5 Å². The molecule has 0 radical (unpaired) electrons. The first-order valence-corrected chi connectivity index (χ1v) is 8.14. The van der Waals surface area contributed by atoms with Crippen molar-refractivity contribution in [1.82, 2.24) is 4.98 Å². The van der Waals surface area contributed by atoms with Crippen LogP contribution in [0.5, 0.6) is 0 Å². The number of rotatable bonds is 5. The molecule has 1 aromatic heterocycles. The highest BCUT2D eigenvalue weighted by Crippen LogP contribution is 2.27. The smallest absolute Gasteiger partial charge is 0.0481 e. The predicted octanol–water partition coefficient (Wildman–Crippen LogP) is 4.96. The summed E-state index contributed by atoms with van der Waals surface area (Å²) in [5, 5.41) is 6.00. The molecule has 0 saturated carbocycles. The van der Waals surface area contributed by atoms with Crippen molar-refractivity contribution in [3.63, 3.8) is 0 Å². The number of hydrogen-bond acceptors (Lipinski definition) is 3. The molecule has 0 saturated heterocycles. The highest BCUT2D eigenvalue weighted by Gasteiger charge is 2.04. The van der Waals surface area contributed by atoms with Gasteiger partial charge in [0.05, 0.1) is 0 Å². The van der Waals surface area contributed by atoms with Crippen LogP contribution in [-0.4, -0.2) is 10.7 Å². The summed E-state index contributed by atoms with van der Waals surface area (Å²) in [5.41, 5.74) is 2.42. The Bertz CT molecular complexity index is 735. The van der Waals surface area contributed by atoms with Gasteiger partial charge in [-0.05, 0) is 28.8 Å². The quantitative estimate of drug-likeness (QED) is 0.673. The summed E-state index contributed by atoms with van der Waals surface area (Å²) >= 11 is 1.86. The second kappa shape index (κ2) is 6.64. The number of benzene rings is 2. The predicted molar refractivity (Wildman–Crippen MR) is 91.9 cm³/mol. The Labute approximate surface area is 129 Å². The molecule has 1 N–H and O–H groups in total. The van der Waals surface area contributed by atoms with E-state index >= 15 is 0 Å². The second-order valence-electron chi connectivity index (χ2n) is 4.80. The summed E-state index contributed by atoms with van der Waals surface area (Å²) < 4.78 is 0. The maximum Gasteiger partial charge on any atom is 0.0481 e. The maximum atomic E-state index is 4.34. The number of thioether (sulfide) groups is 1. The monoisotopic (exact) mass is 294 g/mol. The first-order valence-electron chi connectivity index (χ1n) is 7.16. The van der Waals surface area contributed by atoms with Crippen molar-refractivity contribution >= 4 is 28.2 Å². The van der Waals surface area contributed by atoms with E-state index < -0.39 is 0 Å². The summed E-state index contributed by atoms with van der Waals surface area (Å²) in [6.45, 7) is 2.96. The van der Waals surface area contributed by atoms with Crippen LogP contribution in [0.2, 0.25) is 0 Å². The van der Waals surface area contributed by atoms with E-state index in [2.05, 4.69) is 65.8 Å². The lowest BCUT2D eigenvalue weighted by Gasteiger charge is -2.12. The van der Waals surface area contributed by atoms with Crippen LogP contribution < -0.4 is 5.32 Å². The summed E-state index contributed by atoms with van der Waals surface area (Å²) in [4.78, 5) is 5.64. The zero-order valence-electron chi connectivity index (χ0n) is 12.0. The van der Waals surface area contributed by atoms with E-state index in [4.69, 9.17) is 0 Å². The SMILES string of the molecule is CCSc1ccccc1NCc1cncc2ccccc12. The van der Waals surface area contributed by atoms with Crippen LogP contribution in [0.15, 0.2) is 65.8 Å². The van der Waals surface area contributed by atoms with Gasteiger partial charge in [-0.15, -0.1) is 11.8 Å². The van der Waals surface area contributed by atoms with Gasteiger partial charge in [-0.2, -0.15) is 0 Å². The van der Waals surface area contributed by atoms with Gasteiger partial charge in [0.25, 0.3) is 0 Å². The minimum Gasteiger partial charge on any atom is -0.380 e. The molecule has 0 aliphatic heterocycles. The Balaban J connectivity index is 1.84. The molecule has 3 rings (SSSR count). The van der Waals surface area contributed by atoms with Gasteiger partial charge in [0.2, 0.25) is 0 Å². The van der Waals surface area contributed by atoms with Crippen LogP contribution in [0.4, 0.5) is 5.69 Å². The molecule has 0 bridgehead atoms. The number of aromatic nitrogens is 1. The number of pyridine rings is 1. The van der Waals surface area contributed by atoms with Gasteiger partial charge in [-0.25, -0.2) is 0 Å². The molecular weight excluding hydrogens is 276 g/mol. The summed E-state index contributed by atoms with van der Waals surface area (Å²) in [5.74, 6) is 1.08. The van der Waals surface area contributed by atoms with Crippen molar-refractivity contribution in [3.8, 4) is 0 Å². The average molecular weight is 294 g/mol. The van der Waals surface area contributed by atoms with E-state index in [1.165, 1.54) is 26.9 Å². The normalized spacial score (nSPS) is 10.7. The average Bonchev–Trinajstić information content (AvgIpc) is 2.54. The maximum absolute atomic E-state index is 4.34. The zero-order valence-corrected chi connectivity index (χ0v) is 12.9. The molecule has 0 aliphatic rings. The summed E-state index contributed by atoms with van der Waals surface area (Å²) in [7, 11) is 0. The Hall–Kier alpha value is -2.00. The molecule has 0 unspecified atom stereocenters. The third-order valence-electron chi connectivity index (χ3n) is 3.41. The number of anilines is 1. The van der Waals surface area contributed by atoms with Gasteiger partial charge < -0.3 is 5.32 Å². The molecule has 0 spiro atoms. The molecule has 2 nitrogen and oxygen atoms in total. The van der Waals surface area contributed by atoms with Gasteiger partial charge in [-0.1, -0.05) is 43.3 Å². The number of nitrogens with one attached hydrogen (secondary N) is 1. The largest absolute Gasteiger partial charge is 0.380 e. The van der Waals surface area contributed by atoms with Gasteiger partial charge in [0, 0.05) is 34.9 Å². The minimum atomic E-state index is 0.787. The fourth-order valence-electron chi connectivity index (χ4n) is 2.40. The number of fused-ring (bicyclic) bond motifs is 1. The van der Waals surface area contributed by atoms with Crippen LogP contribution in [0, 0.1) is 0 Å². The topological polar surface area (TPSA) is 24.9 Å². The zero-order chi connectivity index (χ0) is 14.5. The molecule has 3 aromatic rings. The lowest BCUT2D eigenvalue weighted by Crippen LogP contribution is -2.01. The van der Waals surface area contributed by atoms with Crippen molar-refractivity contribution in [1.29, 1.82) is 0 Å². The van der Waals surface area contributed by atoms with E-state index in [1.807, 2.05) is 24.2 Å². The molecule has 3 heteroatoms. The Morgan fingerprint density at radius 3 is 2.71 bits per heavy atom. The third kappa shape index (κ3) is 3.19. The standard InChI is InChI=1S/C18H18N2S/c1-2-21-18-10-6-5-9-17(18)20-13-15-12-19-11-14-7-3-4-8-16(14)15/h3-12,20H,2,13H2,1H3. The minimum absolute atomic E-state index is 0.787. The van der Waals surface area contributed by atoms with Gasteiger partial charge in [0.15, 0.2) is 0 Å². The van der Waals surface area contributed by atoms with Gasteiger partial charge in [0.1, 0.15) is 0 Å². The molecule has 0 atom stereocenters. The van der Waals surface area contributed by atoms with Crippen molar-refractivity contribution in [2.75, 3.05) is 11.1 Å². The third-order valence-corrected chi connectivity index (χ3v) is 4.36. The molecule has 21 heavy (non-hydrogen) atoms. The van der Waals surface area contributed by atoms with E-state index in [0.717, 1.165) is 12.3 Å². The first-order chi connectivity index (χ1) is 10.4. The van der Waals surface area contributed by atoms with E-state index in [1.54, 1.807) is 0 Å².